The second-order valence-corrected chi connectivity index (χ2v) is 4.28. The highest BCUT2D eigenvalue weighted by molar-refractivity contribution is 5.99. The van der Waals surface area contributed by atoms with Gasteiger partial charge < -0.3 is 10.5 Å². The van der Waals surface area contributed by atoms with Crippen LogP contribution in [0.3, 0.4) is 0 Å². The predicted molar refractivity (Wildman–Crippen MR) is 62.3 cm³/mol. The Labute approximate surface area is 95.6 Å². The van der Waals surface area contributed by atoms with Crippen LogP contribution in [0.25, 0.3) is 0 Å². The minimum absolute atomic E-state index is 0.0149. The zero-order valence-electron chi connectivity index (χ0n) is 9.48. The summed E-state index contributed by atoms with van der Waals surface area (Å²) in [6.45, 7) is 2.54. The number of rotatable bonds is 3. The molecule has 86 valence electrons. The first-order valence-electron chi connectivity index (χ1n) is 5.70. The van der Waals surface area contributed by atoms with Crippen molar-refractivity contribution in [3.63, 3.8) is 0 Å². The summed E-state index contributed by atoms with van der Waals surface area (Å²) < 4.78 is 5.58. The Hall–Kier alpha value is -1.19. The van der Waals surface area contributed by atoms with E-state index in [1.165, 1.54) is 0 Å². The van der Waals surface area contributed by atoms with E-state index < -0.39 is 6.04 Å². The molecule has 0 aliphatic carbocycles. The van der Waals surface area contributed by atoms with Gasteiger partial charge in [0.05, 0.1) is 12.1 Å². The molecule has 1 aliphatic rings. The largest absolute Gasteiger partial charge is 0.374 e. The van der Waals surface area contributed by atoms with Gasteiger partial charge in [-0.05, 0) is 25.3 Å². The maximum Gasteiger partial charge on any atom is 0.179 e. The van der Waals surface area contributed by atoms with Crippen molar-refractivity contribution in [2.75, 3.05) is 6.61 Å². The van der Waals surface area contributed by atoms with Crippen LogP contribution in [-0.4, -0.2) is 18.4 Å². The summed E-state index contributed by atoms with van der Waals surface area (Å²) in [7, 11) is 0. The number of ether oxygens (including phenoxy) is 1. The molecule has 1 saturated heterocycles. The molecule has 3 heteroatoms. The van der Waals surface area contributed by atoms with Gasteiger partial charge in [-0.25, -0.2) is 0 Å². The fourth-order valence-electron chi connectivity index (χ4n) is 1.97. The quantitative estimate of drug-likeness (QED) is 0.792. The van der Waals surface area contributed by atoms with Crippen LogP contribution in [0.2, 0.25) is 0 Å². The van der Waals surface area contributed by atoms with Crippen molar-refractivity contribution in [2.24, 2.45) is 5.73 Å². The van der Waals surface area contributed by atoms with Crippen molar-refractivity contribution in [1.29, 1.82) is 0 Å². The van der Waals surface area contributed by atoms with Crippen molar-refractivity contribution >= 4 is 5.78 Å². The van der Waals surface area contributed by atoms with Gasteiger partial charge in [-0.2, -0.15) is 0 Å². The molecule has 2 rings (SSSR count). The van der Waals surface area contributed by atoms with Crippen molar-refractivity contribution in [1.82, 2.24) is 0 Å². The number of carbonyl (C=O) groups is 1. The molecular formula is C13H17NO2. The smallest absolute Gasteiger partial charge is 0.179 e. The summed E-state index contributed by atoms with van der Waals surface area (Å²) in [5, 5.41) is 0. The van der Waals surface area contributed by atoms with Gasteiger partial charge in [0.15, 0.2) is 5.78 Å². The monoisotopic (exact) mass is 219 g/mol. The van der Waals surface area contributed by atoms with Gasteiger partial charge in [-0.3, -0.25) is 4.79 Å². The van der Waals surface area contributed by atoms with E-state index in [-0.39, 0.29) is 11.9 Å². The fourth-order valence-corrected chi connectivity index (χ4v) is 1.97. The molecule has 0 radical (unpaired) electrons. The molecule has 1 aromatic carbocycles. The summed E-state index contributed by atoms with van der Waals surface area (Å²) >= 11 is 0. The molecule has 0 spiro atoms. The van der Waals surface area contributed by atoms with Crippen LogP contribution in [0.1, 0.15) is 41.8 Å². The predicted octanol–water partition coefficient (Wildman–Crippen LogP) is 2.07. The van der Waals surface area contributed by atoms with E-state index in [4.69, 9.17) is 10.5 Å². The first kappa shape index (κ1) is 11.3. The Morgan fingerprint density at radius 3 is 2.62 bits per heavy atom. The molecule has 16 heavy (non-hydrogen) atoms. The van der Waals surface area contributed by atoms with Crippen LogP contribution in [0.15, 0.2) is 24.3 Å². The Morgan fingerprint density at radius 1 is 1.44 bits per heavy atom. The molecule has 0 bridgehead atoms. The minimum atomic E-state index is -0.436. The van der Waals surface area contributed by atoms with Crippen molar-refractivity contribution < 1.29 is 9.53 Å². The Balaban J connectivity index is 2.12. The Kier molecular flexibility index (Phi) is 3.36. The van der Waals surface area contributed by atoms with Gasteiger partial charge in [0, 0.05) is 12.2 Å². The van der Waals surface area contributed by atoms with E-state index in [9.17, 15) is 4.79 Å². The van der Waals surface area contributed by atoms with Crippen LogP contribution in [0.5, 0.6) is 0 Å². The number of hydrogen-bond donors (Lipinski definition) is 1. The summed E-state index contributed by atoms with van der Waals surface area (Å²) in [5.41, 5.74) is 7.38. The second-order valence-electron chi connectivity index (χ2n) is 4.28. The topological polar surface area (TPSA) is 52.3 Å². The number of ketones is 1. The molecular weight excluding hydrogens is 202 g/mol. The van der Waals surface area contributed by atoms with Crippen LogP contribution < -0.4 is 5.73 Å². The van der Waals surface area contributed by atoms with Crippen molar-refractivity contribution in [3.05, 3.63) is 35.4 Å². The lowest BCUT2D eigenvalue weighted by Crippen LogP contribution is -2.26. The summed E-state index contributed by atoms with van der Waals surface area (Å²) in [4.78, 5) is 11.6. The van der Waals surface area contributed by atoms with Crippen LogP contribution in [0, 0.1) is 0 Å². The average molecular weight is 219 g/mol. The van der Waals surface area contributed by atoms with Gasteiger partial charge in [-0.15, -0.1) is 0 Å². The number of carbonyl (C=O) groups excluding carboxylic acids is 1. The molecule has 2 N–H and O–H groups in total. The van der Waals surface area contributed by atoms with E-state index in [0.717, 1.165) is 25.0 Å². The van der Waals surface area contributed by atoms with E-state index in [0.29, 0.717) is 5.56 Å². The van der Waals surface area contributed by atoms with Crippen molar-refractivity contribution in [3.8, 4) is 0 Å². The van der Waals surface area contributed by atoms with Crippen LogP contribution in [0.4, 0.5) is 0 Å². The highest BCUT2D eigenvalue weighted by Gasteiger charge is 2.18. The lowest BCUT2D eigenvalue weighted by atomic mass is 10.0. The Bertz CT molecular complexity index is 364. The summed E-state index contributed by atoms with van der Waals surface area (Å²) in [6.07, 6.45) is 2.39. The molecule has 2 atom stereocenters. The van der Waals surface area contributed by atoms with Gasteiger partial charge in [-0.1, -0.05) is 24.3 Å². The molecule has 1 heterocycles. The van der Waals surface area contributed by atoms with Gasteiger partial charge >= 0.3 is 0 Å². The molecule has 3 nitrogen and oxygen atoms in total. The lowest BCUT2D eigenvalue weighted by molar-refractivity contribution is 0.0967. The third kappa shape index (κ3) is 2.31. The van der Waals surface area contributed by atoms with Gasteiger partial charge in [0.1, 0.15) is 0 Å². The maximum absolute atomic E-state index is 11.6. The fraction of sp³-hybridized carbons (Fsp3) is 0.462. The standard InChI is InChI=1S/C13H17NO2/c1-9(14)13(15)11-6-4-10(5-7-11)12-3-2-8-16-12/h4-7,9,12H,2-3,8,14H2,1H3. The van der Waals surface area contributed by atoms with Crippen molar-refractivity contribution in [2.45, 2.75) is 31.9 Å². The van der Waals surface area contributed by atoms with E-state index >= 15 is 0 Å². The summed E-state index contributed by atoms with van der Waals surface area (Å²) in [5.74, 6) is -0.0149. The number of hydrogen-bond acceptors (Lipinski definition) is 3. The highest BCUT2D eigenvalue weighted by atomic mass is 16.5. The zero-order chi connectivity index (χ0) is 11.5. The Morgan fingerprint density at radius 2 is 2.12 bits per heavy atom. The SMILES string of the molecule is CC(N)C(=O)c1ccc(C2CCCO2)cc1. The molecule has 0 amide bonds. The molecule has 1 fully saturated rings. The molecule has 2 unspecified atom stereocenters. The van der Waals surface area contributed by atoms with Gasteiger partial charge in [0.25, 0.3) is 0 Å². The normalized spacial score (nSPS) is 22.0. The molecule has 1 aromatic rings. The van der Waals surface area contributed by atoms with E-state index in [1.807, 2.05) is 24.3 Å². The number of Topliss-reactive ketones (excluding diaryl/α,β-unsaturated/α-hetero) is 1. The highest BCUT2D eigenvalue weighted by Crippen LogP contribution is 2.28. The van der Waals surface area contributed by atoms with Crippen LogP contribution >= 0.6 is 0 Å². The van der Waals surface area contributed by atoms with E-state index in [1.54, 1.807) is 6.92 Å². The first-order chi connectivity index (χ1) is 7.68. The number of nitrogens with two attached hydrogens (primary N) is 1. The average Bonchev–Trinajstić information content (AvgIpc) is 2.81. The maximum atomic E-state index is 11.6. The third-order valence-electron chi connectivity index (χ3n) is 2.91. The zero-order valence-corrected chi connectivity index (χ0v) is 9.48. The van der Waals surface area contributed by atoms with Crippen LogP contribution in [-0.2, 0) is 4.74 Å². The molecule has 0 saturated carbocycles. The number of benzene rings is 1. The summed E-state index contributed by atoms with van der Waals surface area (Å²) in [6, 6.07) is 7.16. The minimum Gasteiger partial charge on any atom is -0.374 e. The first-order valence-corrected chi connectivity index (χ1v) is 5.70. The lowest BCUT2D eigenvalue weighted by Gasteiger charge is -2.10. The van der Waals surface area contributed by atoms with E-state index in [2.05, 4.69) is 0 Å². The van der Waals surface area contributed by atoms with Gasteiger partial charge in [0.2, 0.25) is 0 Å². The molecule has 1 aliphatic heterocycles. The molecule has 0 aromatic heterocycles. The second kappa shape index (κ2) is 4.76. The third-order valence-corrected chi connectivity index (χ3v) is 2.91.